The van der Waals surface area contributed by atoms with Crippen LogP contribution in [0.15, 0.2) is 22.8 Å². The molecule has 2 rings (SSSR count). The van der Waals surface area contributed by atoms with Gasteiger partial charge in [0.1, 0.15) is 11.6 Å². The van der Waals surface area contributed by atoms with Crippen molar-refractivity contribution < 1.29 is 38.6 Å². The van der Waals surface area contributed by atoms with Crippen molar-refractivity contribution in [3.8, 4) is 0 Å². The van der Waals surface area contributed by atoms with Crippen LogP contribution in [0.4, 0.5) is 0 Å². The molecular weight excluding hydrogens is 755 g/mol. The van der Waals surface area contributed by atoms with Crippen LogP contribution in [-0.2, 0) is 33.4 Å². The molecule has 0 fully saturated rings. The first-order valence-corrected chi connectivity index (χ1v) is 24.7. The first-order chi connectivity index (χ1) is 29.0. The number of carbonyl (C=O) groups excluding carboxylic acids is 4. The molecule has 0 aromatic rings. The van der Waals surface area contributed by atoms with Gasteiger partial charge in [-0.25, -0.2) is 9.59 Å². The lowest BCUT2D eigenvalue weighted by molar-refractivity contribution is -0.148. The molecule has 2 aliphatic carbocycles. The number of esters is 2. The molecule has 60 heavy (non-hydrogen) atoms. The van der Waals surface area contributed by atoms with Gasteiger partial charge >= 0.3 is 17.9 Å². The Labute approximate surface area is 365 Å². The number of fused-ring (bicyclic) bond motifs is 1. The Hall–Kier alpha value is -2.97. The second-order valence-corrected chi connectivity index (χ2v) is 18.3. The number of ether oxygens (including phenoxy) is 2. The zero-order valence-electron chi connectivity index (χ0n) is 39.1. The Kier molecular flexibility index (Phi) is 28.2. The van der Waals surface area contributed by atoms with E-state index in [0.29, 0.717) is 18.4 Å². The summed E-state index contributed by atoms with van der Waals surface area (Å²) in [6.45, 7) is 7.94. The lowest BCUT2D eigenvalue weighted by Gasteiger charge is -2.38. The zero-order chi connectivity index (χ0) is 44.1. The first kappa shape index (κ1) is 53.2. The lowest BCUT2D eigenvalue weighted by Crippen LogP contribution is -2.51. The largest absolute Gasteiger partial charge is 0.480 e. The number of amides is 1. The first-order valence-electron chi connectivity index (χ1n) is 24.7. The van der Waals surface area contributed by atoms with Crippen LogP contribution in [0.5, 0.6) is 0 Å². The van der Waals surface area contributed by atoms with E-state index in [1.807, 2.05) is 0 Å². The predicted octanol–water partition coefficient (Wildman–Crippen LogP) is 12.6. The van der Waals surface area contributed by atoms with Crippen LogP contribution in [0, 0.1) is 29.6 Å². The number of ketones is 1. The summed E-state index contributed by atoms with van der Waals surface area (Å²) in [6, 6.07) is -1.16. The molecule has 0 spiro atoms. The normalized spacial score (nSPS) is 19.3. The summed E-state index contributed by atoms with van der Waals surface area (Å²) in [5, 5.41) is 12.6. The van der Waals surface area contributed by atoms with E-state index in [2.05, 4.69) is 19.2 Å². The highest BCUT2D eigenvalue weighted by Gasteiger charge is 2.57. The lowest BCUT2D eigenvalue weighted by atomic mass is 9.64. The van der Waals surface area contributed by atoms with E-state index in [1.165, 1.54) is 143 Å². The minimum absolute atomic E-state index is 0.0568. The topological polar surface area (TPSA) is 136 Å². The fourth-order valence-corrected chi connectivity index (χ4v) is 9.66. The molecule has 9 heteroatoms. The van der Waals surface area contributed by atoms with Gasteiger partial charge in [-0.2, -0.15) is 0 Å². The molecule has 0 aromatic carbocycles. The molecule has 0 unspecified atom stereocenters. The summed E-state index contributed by atoms with van der Waals surface area (Å²) in [7, 11) is 2.59. The van der Waals surface area contributed by atoms with Crippen molar-refractivity contribution in [3.05, 3.63) is 22.8 Å². The number of Topliss-reactive ketones (excluding diaryl/α,β-unsaturated/α-hetero) is 1. The van der Waals surface area contributed by atoms with Crippen LogP contribution in [-0.4, -0.2) is 55.0 Å². The molecule has 2 aliphatic rings. The molecule has 5 atom stereocenters. The molecule has 0 aromatic heterocycles. The molecule has 344 valence electrons. The fourth-order valence-electron chi connectivity index (χ4n) is 9.66. The smallest absolute Gasteiger partial charge is 0.341 e. The van der Waals surface area contributed by atoms with E-state index >= 15 is 0 Å². The molecule has 1 amide bonds. The number of rotatable bonds is 36. The molecular formula is C51H87NO8. The molecule has 0 heterocycles. The Morgan fingerprint density at radius 2 is 1.00 bits per heavy atom. The Morgan fingerprint density at radius 3 is 1.37 bits per heavy atom. The van der Waals surface area contributed by atoms with E-state index in [4.69, 9.17) is 9.47 Å². The quantitative estimate of drug-likeness (QED) is 0.0275. The highest BCUT2D eigenvalue weighted by Crippen LogP contribution is 2.52. The van der Waals surface area contributed by atoms with Crippen LogP contribution in [0.25, 0.3) is 0 Å². The number of unbranched alkanes of at least 4 members (excludes halogenated alkanes) is 26. The molecule has 9 nitrogen and oxygen atoms in total. The number of methoxy groups -OCH3 is 2. The molecule has 0 radical (unpaired) electrons. The highest BCUT2D eigenvalue weighted by atomic mass is 16.5. The summed E-state index contributed by atoms with van der Waals surface area (Å²) in [5.74, 6) is -7.52. The minimum Gasteiger partial charge on any atom is -0.480 e. The van der Waals surface area contributed by atoms with E-state index in [1.54, 1.807) is 19.9 Å². The number of allylic oxidation sites excluding steroid dienone is 1. The van der Waals surface area contributed by atoms with Gasteiger partial charge < -0.3 is 19.9 Å². The minimum atomic E-state index is -1.16. The van der Waals surface area contributed by atoms with Crippen molar-refractivity contribution >= 4 is 29.6 Å². The average Bonchev–Trinajstić information content (AvgIpc) is 3.52. The fraction of sp³-hybridized carbons (Fsp3) is 0.824. The predicted molar refractivity (Wildman–Crippen MR) is 242 cm³/mol. The second kappa shape index (κ2) is 31.8. The van der Waals surface area contributed by atoms with Crippen LogP contribution in [0.1, 0.15) is 220 Å². The number of carbonyl (C=O) groups is 5. The molecule has 0 aliphatic heterocycles. The zero-order valence-corrected chi connectivity index (χ0v) is 39.1. The van der Waals surface area contributed by atoms with Crippen LogP contribution in [0.2, 0.25) is 0 Å². The van der Waals surface area contributed by atoms with Gasteiger partial charge in [0.2, 0.25) is 5.91 Å². The standard InChI is InChI=1S/C51H87NO8/c1-7-9-11-13-15-17-19-21-23-25-27-29-31-33-35-39-37-41(48(54)52-46(38(3)4)49(55)56)44-43(42(39)50(57)59-5)40(45(47(44)53)51(58)60-6)36-34-32-30-28-26-24-22-20-18-16-14-12-10-8-2/h37-38,41-44,46H,7-36H2,1-6H3,(H,52,54)(H,55,56)/t41-,42-,43+,44-,46+/m1/s1. The van der Waals surface area contributed by atoms with Crippen molar-refractivity contribution in [3.63, 3.8) is 0 Å². The van der Waals surface area contributed by atoms with E-state index in [-0.39, 0.29) is 5.57 Å². The number of carboxylic acid groups (broad SMARTS) is 1. The van der Waals surface area contributed by atoms with Gasteiger partial charge in [0, 0.05) is 11.8 Å². The summed E-state index contributed by atoms with van der Waals surface area (Å²) in [6.07, 6.45) is 36.6. The van der Waals surface area contributed by atoms with Gasteiger partial charge in [-0.1, -0.05) is 206 Å². The molecule has 0 saturated carbocycles. The number of nitrogens with one attached hydrogen (secondary N) is 1. The van der Waals surface area contributed by atoms with Crippen molar-refractivity contribution in [1.29, 1.82) is 0 Å². The maximum Gasteiger partial charge on any atom is 0.341 e. The van der Waals surface area contributed by atoms with Crippen LogP contribution < -0.4 is 5.32 Å². The maximum atomic E-state index is 14.4. The molecule has 2 N–H and O–H groups in total. The summed E-state index contributed by atoms with van der Waals surface area (Å²) < 4.78 is 10.6. The van der Waals surface area contributed by atoms with Crippen molar-refractivity contribution in [2.24, 2.45) is 29.6 Å². The van der Waals surface area contributed by atoms with E-state index in [9.17, 15) is 29.1 Å². The monoisotopic (exact) mass is 842 g/mol. The van der Waals surface area contributed by atoms with Gasteiger partial charge in [-0.3, -0.25) is 14.4 Å². The summed E-state index contributed by atoms with van der Waals surface area (Å²) in [4.78, 5) is 67.9. The Balaban J connectivity index is 2.16. The van der Waals surface area contributed by atoms with Crippen molar-refractivity contribution in [1.82, 2.24) is 5.32 Å². The third-order valence-corrected chi connectivity index (χ3v) is 13.2. The van der Waals surface area contributed by atoms with Crippen molar-refractivity contribution in [2.45, 2.75) is 226 Å². The highest BCUT2D eigenvalue weighted by molar-refractivity contribution is 6.22. The number of aliphatic carboxylic acids is 1. The maximum absolute atomic E-state index is 14.4. The molecule has 0 bridgehead atoms. The molecule has 0 saturated heterocycles. The van der Waals surface area contributed by atoms with Gasteiger partial charge in [-0.15, -0.1) is 0 Å². The van der Waals surface area contributed by atoms with Crippen LogP contribution >= 0.6 is 0 Å². The number of hydrogen-bond acceptors (Lipinski definition) is 7. The van der Waals surface area contributed by atoms with E-state index in [0.717, 1.165) is 56.9 Å². The van der Waals surface area contributed by atoms with Gasteiger partial charge in [0.25, 0.3) is 0 Å². The van der Waals surface area contributed by atoms with Crippen LogP contribution in [0.3, 0.4) is 0 Å². The summed E-state index contributed by atoms with van der Waals surface area (Å²) >= 11 is 0. The van der Waals surface area contributed by atoms with Crippen molar-refractivity contribution in [2.75, 3.05) is 14.2 Å². The average molecular weight is 842 g/mol. The Morgan fingerprint density at radius 1 is 0.600 bits per heavy atom. The third kappa shape index (κ3) is 18.6. The van der Waals surface area contributed by atoms with Gasteiger partial charge in [0.15, 0.2) is 5.78 Å². The van der Waals surface area contributed by atoms with Gasteiger partial charge in [-0.05, 0) is 37.2 Å². The number of carboxylic acids is 1. The second-order valence-electron chi connectivity index (χ2n) is 18.3. The Bertz CT molecular complexity index is 1330. The summed E-state index contributed by atoms with van der Waals surface area (Å²) in [5.41, 5.74) is 1.25. The van der Waals surface area contributed by atoms with E-state index < -0.39 is 65.2 Å². The van der Waals surface area contributed by atoms with Gasteiger partial charge in [0.05, 0.1) is 26.1 Å². The third-order valence-electron chi connectivity index (χ3n) is 13.2. The number of hydrogen-bond donors (Lipinski definition) is 2. The SMILES string of the molecule is CCCCCCCCCCCCCCCCC1=C[C@@H](C(=O)N[C@H](C(=O)O)C(C)C)[C@H]2C(=O)C(C(=O)OC)=C(CCCCCCCCCCCCCCCC)[C@H]2[C@@H]1C(=O)OC.